The van der Waals surface area contributed by atoms with Crippen LogP contribution in [-0.4, -0.2) is 34.3 Å². The molecule has 1 aliphatic heterocycles. The van der Waals surface area contributed by atoms with Gasteiger partial charge in [-0.05, 0) is 24.6 Å². The quantitative estimate of drug-likeness (QED) is 0.368. The molecule has 0 amide bonds. The highest BCUT2D eigenvalue weighted by Crippen LogP contribution is 2.30. The van der Waals surface area contributed by atoms with Gasteiger partial charge >= 0.3 is 11.7 Å². The number of H-pyrrole nitrogens is 1. The monoisotopic (exact) mass is 371 g/mol. The first-order chi connectivity index (χ1) is 13.0. The number of aromatic nitrogens is 2. The molecule has 1 aromatic heterocycles. The Morgan fingerprint density at radius 3 is 2.85 bits per heavy atom. The molecule has 10 heteroatoms. The molecule has 2 aromatic rings. The molecular formula is C17H17N5O5. The van der Waals surface area contributed by atoms with Gasteiger partial charge in [-0.1, -0.05) is 23.3 Å². The van der Waals surface area contributed by atoms with Crippen molar-refractivity contribution < 1.29 is 14.3 Å². The average Bonchev–Trinajstić information content (AvgIpc) is 3.06. The number of aromatic amines is 1. The van der Waals surface area contributed by atoms with Gasteiger partial charge in [-0.15, -0.1) is 0 Å². The van der Waals surface area contributed by atoms with E-state index in [1.807, 2.05) is 0 Å². The van der Waals surface area contributed by atoms with Crippen molar-refractivity contribution in [1.82, 2.24) is 9.55 Å². The van der Waals surface area contributed by atoms with Crippen molar-refractivity contribution in [1.29, 1.82) is 0 Å². The van der Waals surface area contributed by atoms with Gasteiger partial charge in [0.1, 0.15) is 18.9 Å². The molecule has 10 nitrogen and oxygen atoms in total. The molecule has 0 spiro atoms. The molecule has 1 aromatic carbocycles. The molecule has 140 valence electrons. The number of benzene rings is 1. The lowest BCUT2D eigenvalue weighted by Gasteiger charge is -2.16. The van der Waals surface area contributed by atoms with Gasteiger partial charge in [0.15, 0.2) is 0 Å². The van der Waals surface area contributed by atoms with Crippen LogP contribution < -0.4 is 11.2 Å². The second kappa shape index (κ2) is 7.90. The van der Waals surface area contributed by atoms with E-state index >= 15 is 0 Å². The van der Waals surface area contributed by atoms with E-state index in [-0.39, 0.29) is 13.0 Å². The Hall–Kier alpha value is -3.36. The van der Waals surface area contributed by atoms with Crippen molar-refractivity contribution in [3.05, 3.63) is 78.9 Å². The molecule has 0 aliphatic carbocycles. The fraction of sp³-hybridized carbons (Fsp3) is 0.353. The summed E-state index contributed by atoms with van der Waals surface area (Å²) < 4.78 is 12.3. The van der Waals surface area contributed by atoms with Crippen LogP contribution in [0.1, 0.15) is 28.6 Å². The molecule has 1 saturated heterocycles. The Labute approximate surface area is 153 Å². The maximum absolute atomic E-state index is 12.1. The second-order valence-electron chi connectivity index (χ2n) is 6.08. The minimum atomic E-state index is -0.746. The SMILES string of the molecule is Cc1cn(C2C[C@H](N=[N+]=[N-])[C@@H](COC(=O)c3ccccc3)O2)c(=O)[nH]c1=O. The van der Waals surface area contributed by atoms with Crippen LogP contribution in [-0.2, 0) is 9.47 Å². The third-order valence-electron chi connectivity index (χ3n) is 4.25. The van der Waals surface area contributed by atoms with Crippen molar-refractivity contribution in [2.45, 2.75) is 31.7 Å². The Morgan fingerprint density at radius 1 is 1.41 bits per heavy atom. The maximum atomic E-state index is 12.1. The topological polar surface area (TPSA) is 139 Å². The molecule has 27 heavy (non-hydrogen) atoms. The van der Waals surface area contributed by atoms with Crippen LogP contribution in [0.4, 0.5) is 0 Å². The van der Waals surface area contributed by atoms with E-state index in [1.165, 1.54) is 10.8 Å². The van der Waals surface area contributed by atoms with Gasteiger partial charge in [0.25, 0.3) is 5.56 Å². The third kappa shape index (κ3) is 4.08. The first kappa shape index (κ1) is 18.4. The summed E-state index contributed by atoms with van der Waals surface area (Å²) in [5, 5.41) is 3.68. The van der Waals surface area contributed by atoms with E-state index in [0.29, 0.717) is 11.1 Å². The highest BCUT2D eigenvalue weighted by molar-refractivity contribution is 5.89. The van der Waals surface area contributed by atoms with Gasteiger partial charge < -0.3 is 9.47 Å². The number of carbonyl (C=O) groups excluding carboxylic acids is 1. The van der Waals surface area contributed by atoms with Gasteiger partial charge in [-0.25, -0.2) is 9.59 Å². The predicted molar refractivity (Wildman–Crippen MR) is 94.2 cm³/mol. The summed E-state index contributed by atoms with van der Waals surface area (Å²) >= 11 is 0. The lowest BCUT2D eigenvalue weighted by molar-refractivity contribution is -0.0363. The summed E-state index contributed by atoms with van der Waals surface area (Å²) in [7, 11) is 0. The number of nitrogens with zero attached hydrogens (tertiary/aromatic N) is 4. The van der Waals surface area contributed by atoms with E-state index in [0.717, 1.165) is 0 Å². The van der Waals surface area contributed by atoms with Crippen molar-refractivity contribution in [2.24, 2.45) is 5.11 Å². The zero-order valence-electron chi connectivity index (χ0n) is 14.4. The fourth-order valence-electron chi connectivity index (χ4n) is 2.84. The van der Waals surface area contributed by atoms with E-state index in [1.54, 1.807) is 37.3 Å². The van der Waals surface area contributed by atoms with Crippen LogP contribution in [0.5, 0.6) is 0 Å². The number of nitrogens with one attached hydrogen (secondary N) is 1. The normalized spacial score (nSPS) is 21.4. The zero-order chi connectivity index (χ0) is 19.4. The second-order valence-corrected chi connectivity index (χ2v) is 6.08. The number of hydrogen-bond donors (Lipinski definition) is 1. The molecule has 1 unspecified atom stereocenters. The van der Waals surface area contributed by atoms with Crippen molar-refractivity contribution in [3.63, 3.8) is 0 Å². The van der Waals surface area contributed by atoms with Gasteiger partial charge in [-0.3, -0.25) is 14.3 Å². The number of ether oxygens (including phenoxy) is 2. The van der Waals surface area contributed by atoms with Crippen LogP contribution >= 0.6 is 0 Å². The smallest absolute Gasteiger partial charge is 0.338 e. The summed E-state index contributed by atoms with van der Waals surface area (Å²) in [6.07, 6.45) is 0.141. The minimum absolute atomic E-state index is 0.134. The van der Waals surface area contributed by atoms with Gasteiger partial charge in [0.05, 0.1) is 11.6 Å². The number of hydrogen-bond acceptors (Lipinski definition) is 6. The lowest BCUT2D eigenvalue weighted by atomic mass is 10.1. The van der Waals surface area contributed by atoms with Crippen LogP contribution in [0.15, 0.2) is 51.2 Å². The highest BCUT2D eigenvalue weighted by Gasteiger charge is 2.37. The molecule has 1 aliphatic rings. The summed E-state index contributed by atoms with van der Waals surface area (Å²) in [5.41, 5.74) is 8.40. The Balaban J connectivity index is 1.74. The van der Waals surface area contributed by atoms with Crippen LogP contribution in [0.3, 0.4) is 0 Å². The van der Waals surface area contributed by atoms with E-state index < -0.39 is 35.6 Å². The molecular weight excluding hydrogens is 354 g/mol. The first-order valence-corrected chi connectivity index (χ1v) is 8.23. The molecule has 0 radical (unpaired) electrons. The summed E-state index contributed by atoms with van der Waals surface area (Å²) in [5.74, 6) is -0.528. The van der Waals surface area contributed by atoms with Crippen molar-refractivity contribution in [3.8, 4) is 0 Å². The van der Waals surface area contributed by atoms with Gasteiger partial charge in [0, 0.05) is 23.1 Å². The Kier molecular flexibility index (Phi) is 5.39. The minimum Gasteiger partial charge on any atom is -0.459 e. The van der Waals surface area contributed by atoms with Crippen molar-refractivity contribution in [2.75, 3.05) is 6.61 Å². The molecule has 0 saturated carbocycles. The van der Waals surface area contributed by atoms with Gasteiger partial charge in [-0.2, -0.15) is 0 Å². The summed E-state index contributed by atoms with van der Waals surface area (Å²) in [6, 6.07) is 7.83. The van der Waals surface area contributed by atoms with Gasteiger partial charge in [0.2, 0.25) is 0 Å². The zero-order valence-corrected chi connectivity index (χ0v) is 14.4. The molecule has 3 rings (SSSR count). The van der Waals surface area contributed by atoms with E-state index in [4.69, 9.17) is 15.0 Å². The molecule has 1 N–H and O–H groups in total. The number of carbonyl (C=O) groups is 1. The number of rotatable bonds is 5. The highest BCUT2D eigenvalue weighted by atomic mass is 16.6. The number of esters is 1. The largest absolute Gasteiger partial charge is 0.459 e. The number of azide groups is 1. The van der Waals surface area contributed by atoms with Crippen molar-refractivity contribution >= 4 is 5.97 Å². The standard InChI is InChI=1S/C17H17N5O5/c1-10-8-22(17(25)19-15(10)23)14-7-12(20-21-18)13(27-14)9-26-16(24)11-5-3-2-4-6-11/h2-6,8,12-14H,7,9H2,1H3,(H,19,23,25)/t12-,13+,14?/m0/s1. The third-order valence-corrected chi connectivity index (χ3v) is 4.25. The van der Waals surface area contributed by atoms with E-state index in [2.05, 4.69) is 15.0 Å². The Morgan fingerprint density at radius 2 is 2.15 bits per heavy atom. The molecule has 3 atom stereocenters. The molecule has 2 heterocycles. The summed E-state index contributed by atoms with van der Waals surface area (Å²) in [4.78, 5) is 40.6. The van der Waals surface area contributed by atoms with Crippen LogP contribution in [0, 0.1) is 6.92 Å². The van der Waals surface area contributed by atoms with Crippen LogP contribution in [0.2, 0.25) is 0 Å². The predicted octanol–water partition coefficient (Wildman–Crippen LogP) is 1.67. The maximum Gasteiger partial charge on any atom is 0.338 e. The first-order valence-electron chi connectivity index (χ1n) is 8.23. The van der Waals surface area contributed by atoms with E-state index in [9.17, 15) is 14.4 Å². The lowest BCUT2D eigenvalue weighted by Crippen LogP contribution is -2.33. The number of aryl methyl sites for hydroxylation is 1. The average molecular weight is 371 g/mol. The van der Waals surface area contributed by atoms with Crippen LogP contribution in [0.25, 0.3) is 10.4 Å². The molecule has 0 bridgehead atoms. The fourth-order valence-corrected chi connectivity index (χ4v) is 2.84. The summed E-state index contributed by atoms with van der Waals surface area (Å²) in [6.45, 7) is 1.43. The molecule has 1 fully saturated rings. The Bertz CT molecular complexity index is 993.